The van der Waals surface area contributed by atoms with Crippen LogP contribution in [0.15, 0.2) is 30.3 Å². The molecule has 0 heterocycles. The van der Waals surface area contributed by atoms with Crippen LogP contribution in [-0.4, -0.2) is 23.5 Å². The molecule has 110 valence electrons. The van der Waals surface area contributed by atoms with Crippen LogP contribution in [0.1, 0.15) is 38.4 Å². The average molecular weight is 294 g/mol. The minimum Gasteiger partial charge on any atom is -0.391 e. The molecule has 0 saturated carbocycles. The maximum atomic E-state index is 12.5. The maximum Gasteiger partial charge on any atom is 0.254 e. The van der Waals surface area contributed by atoms with Gasteiger partial charge in [0.2, 0.25) is 0 Å². The van der Waals surface area contributed by atoms with Crippen molar-refractivity contribution < 1.29 is 9.53 Å². The topological polar surface area (TPSA) is 64.3 Å². The Morgan fingerprint density at radius 3 is 2.30 bits per heavy atom. The molecule has 1 aromatic rings. The summed E-state index contributed by atoms with van der Waals surface area (Å²) in [6, 6.07) is 9.35. The molecule has 1 amide bonds. The summed E-state index contributed by atoms with van der Waals surface area (Å²) in [6.45, 7) is 3.90. The number of hydrogen-bond acceptors (Lipinski definition) is 3. The summed E-state index contributed by atoms with van der Waals surface area (Å²) >= 11 is 5.11. The SMILES string of the molecule is CCC(CC)(NC(=O)C(OC)c1ccccc1)C(N)=S. The normalized spacial score (nSPS) is 12.8. The summed E-state index contributed by atoms with van der Waals surface area (Å²) < 4.78 is 5.32. The van der Waals surface area contributed by atoms with Gasteiger partial charge < -0.3 is 15.8 Å². The lowest BCUT2D eigenvalue weighted by Crippen LogP contribution is -2.57. The smallest absolute Gasteiger partial charge is 0.254 e. The zero-order valence-corrected chi connectivity index (χ0v) is 13.0. The number of nitrogens with two attached hydrogens (primary N) is 1. The lowest BCUT2D eigenvalue weighted by molar-refractivity contribution is -0.132. The molecule has 1 aromatic carbocycles. The lowest BCUT2D eigenvalue weighted by Gasteiger charge is -2.33. The third kappa shape index (κ3) is 3.55. The molecular weight excluding hydrogens is 272 g/mol. The van der Waals surface area contributed by atoms with Crippen molar-refractivity contribution >= 4 is 23.1 Å². The molecule has 0 radical (unpaired) electrons. The maximum absolute atomic E-state index is 12.5. The van der Waals surface area contributed by atoms with Crippen molar-refractivity contribution in [3.63, 3.8) is 0 Å². The summed E-state index contributed by atoms with van der Waals surface area (Å²) in [5, 5.41) is 2.95. The van der Waals surface area contributed by atoms with E-state index in [4.69, 9.17) is 22.7 Å². The number of carbonyl (C=O) groups excluding carboxylic acids is 1. The van der Waals surface area contributed by atoms with Crippen LogP contribution in [0.3, 0.4) is 0 Å². The molecule has 0 aliphatic rings. The number of benzene rings is 1. The largest absolute Gasteiger partial charge is 0.391 e. The van der Waals surface area contributed by atoms with Crippen molar-refractivity contribution in [2.75, 3.05) is 7.11 Å². The zero-order valence-electron chi connectivity index (χ0n) is 12.2. The van der Waals surface area contributed by atoms with Crippen molar-refractivity contribution in [1.82, 2.24) is 5.32 Å². The Morgan fingerprint density at radius 1 is 1.35 bits per heavy atom. The van der Waals surface area contributed by atoms with Gasteiger partial charge in [0, 0.05) is 7.11 Å². The molecule has 0 fully saturated rings. The van der Waals surface area contributed by atoms with Gasteiger partial charge in [-0.3, -0.25) is 4.79 Å². The van der Waals surface area contributed by atoms with Crippen LogP contribution in [0.25, 0.3) is 0 Å². The molecule has 1 unspecified atom stereocenters. The third-order valence-electron chi connectivity index (χ3n) is 3.62. The number of methoxy groups -OCH3 is 1. The van der Waals surface area contributed by atoms with Crippen LogP contribution < -0.4 is 11.1 Å². The van der Waals surface area contributed by atoms with Crippen LogP contribution in [0, 0.1) is 0 Å². The van der Waals surface area contributed by atoms with E-state index in [0.29, 0.717) is 17.8 Å². The highest BCUT2D eigenvalue weighted by Gasteiger charge is 2.34. The second kappa shape index (κ2) is 7.36. The fraction of sp³-hybridized carbons (Fsp3) is 0.467. The van der Waals surface area contributed by atoms with Gasteiger partial charge >= 0.3 is 0 Å². The highest BCUT2D eigenvalue weighted by molar-refractivity contribution is 7.80. The zero-order chi connectivity index (χ0) is 15.2. The average Bonchev–Trinajstić information content (AvgIpc) is 2.46. The Hall–Kier alpha value is -1.46. The van der Waals surface area contributed by atoms with Gasteiger partial charge in [0.15, 0.2) is 6.10 Å². The number of rotatable bonds is 7. The summed E-state index contributed by atoms with van der Waals surface area (Å²) in [4.78, 5) is 12.8. The van der Waals surface area contributed by atoms with E-state index in [0.717, 1.165) is 5.56 Å². The quantitative estimate of drug-likeness (QED) is 0.758. The summed E-state index contributed by atoms with van der Waals surface area (Å²) in [5.41, 5.74) is 5.94. The Balaban J connectivity index is 2.95. The van der Waals surface area contributed by atoms with Crippen LogP contribution >= 0.6 is 12.2 Å². The van der Waals surface area contributed by atoms with E-state index in [1.807, 2.05) is 44.2 Å². The minimum absolute atomic E-state index is 0.227. The summed E-state index contributed by atoms with van der Waals surface area (Å²) in [5.74, 6) is -0.227. The first kappa shape index (κ1) is 16.6. The van der Waals surface area contributed by atoms with Crippen molar-refractivity contribution in [3.05, 3.63) is 35.9 Å². The molecule has 0 aliphatic carbocycles. The van der Waals surface area contributed by atoms with Crippen molar-refractivity contribution in [1.29, 1.82) is 0 Å². The Morgan fingerprint density at radius 2 is 1.90 bits per heavy atom. The van der Waals surface area contributed by atoms with Crippen molar-refractivity contribution in [2.45, 2.75) is 38.3 Å². The fourth-order valence-corrected chi connectivity index (χ4v) is 2.50. The van der Waals surface area contributed by atoms with Crippen molar-refractivity contribution in [3.8, 4) is 0 Å². The van der Waals surface area contributed by atoms with Crippen molar-refractivity contribution in [2.24, 2.45) is 5.73 Å². The van der Waals surface area contributed by atoms with Gasteiger partial charge in [-0.15, -0.1) is 0 Å². The molecule has 0 bridgehead atoms. The summed E-state index contributed by atoms with van der Waals surface area (Å²) in [6.07, 6.45) is 0.633. The lowest BCUT2D eigenvalue weighted by atomic mass is 9.92. The first-order chi connectivity index (χ1) is 9.50. The van der Waals surface area contributed by atoms with Gasteiger partial charge in [-0.25, -0.2) is 0 Å². The first-order valence-electron chi connectivity index (χ1n) is 6.70. The van der Waals surface area contributed by atoms with Gasteiger partial charge in [0.1, 0.15) is 0 Å². The summed E-state index contributed by atoms with van der Waals surface area (Å²) in [7, 11) is 1.51. The fourth-order valence-electron chi connectivity index (χ4n) is 2.16. The molecule has 0 spiro atoms. The molecule has 3 N–H and O–H groups in total. The van der Waals surface area contributed by atoms with Gasteiger partial charge in [-0.2, -0.15) is 0 Å². The second-order valence-electron chi connectivity index (χ2n) is 4.67. The molecule has 1 rings (SSSR count). The minimum atomic E-state index is -0.664. The van der Waals surface area contributed by atoms with Gasteiger partial charge in [0.25, 0.3) is 5.91 Å². The van der Waals surface area contributed by atoms with Crippen LogP contribution in [-0.2, 0) is 9.53 Å². The molecular formula is C15H22N2O2S. The molecule has 0 saturated heterocycles. The van der Waals surface area contributed by atoms with Crippen LogP contribution in [0.5, 0.6) is 0 Å². The number of nitrogens with one attached hydrogen (secondary N) is 1. The number of hydrogen-bond donors (Lipinski definition) is 2. The van der Waals surface area contributed by atoms with E-state index < -0.39 is 11.6 Å². The monoisotopic (exact) mass is 294 g/mol. The Kier molecular flexibility index (Phi) is 6.10. The molecule has 0 aromatic heterocycles. The van der Waals surface area contributed by atoms with Crippen LogP contribution in [0.4, 0.5) is 0 Å². The molecule has 4 nitrogen and oxygen atoms in total. The third-order valence-corrected chi connectivity index (χ3v) is 4.01. The van der Waals surface area contributed by atoms with E-state index in [1.165, 1.54) is 7.11 Å². The van der Waals surface area contributed by atoms with E-state index in [1.54, 1.807) is 0 Å². The van der Waals surface area contributed by atoms with Gasteiger partial charge in [-0.1, -0.05) is 56.4 Å². The Labute approximate surface area is 125 Å². The van der Waals surface area contributed by atoms with Crippen LogP contribution in [0.2, 0.25) is 0 Å². The van der Waals surface area contributed by atoms with Gasteiger partial charge in [-0.05, 0) is 18.4 Å². The molecule has 1 atom stereocenters. The molecule has 5 heteroatoms. The second-order valence-corrected chi connectivity index (χ2v) is 5.11. The van der Waals surface area contributed by atoms with Gasteiger partial charge in [0.05, 0.1) is 10.5 Å². The van der Waals surface area contributed by atoms with E-state index in [9.17, 15) is 4.79 Å². The predicted molar refractivity (Wildman–Crippen MR) is 84.4 cm³/mol. The highest BCUT2D eigenvalue weighted by atomic mass is 32.1. The standard InChI is InChI=1S/C15H22N2O2S/c1-4-15(5-2,14(16)20)17-13(18)12(19-3)11-9-7-6-8-10-11/h6-10,12H,4-5H2,1-3H3,(H2,16,20)(H,17,18). The van der Waals surface area contributed by atoms with E-state index in [2.05, 4.69) is 5.32 Å². The number of carbonyl (C=O) groups is 1. The van der Waals surface area contributed by atoms with E-state index in [-0.39, 0.29) is 5.91 Å². The van der Waals surface area contributed by atoms with E-state index >= 15 is 0 Å². The number of amides is 1. The molecule has 20 heavy (non-hydrogen) atoms. The Bertz CT molecular complexity index is 458. The molecule has 0 aliphatic heterocycles. The first-order valence-corrected chi connectivity index (χ1v) is 7.11. The predicted octanol–water partition coefficient (Wildman–Crippen LogP) is 2.34. The highest BCUT2D eigenvalue weighted by Crippen LogP contribution is 2.21. The number of ether oxygens (including phenoxy) is 1. The number of thiocarbonyl (C=S) groups is 1.